The molecule has 4 rings (SSSR count). The van der Waals surface area contributed by atoms with Crippen LogP contribution in [0.15, 0.2) is 48.7 Å². The van der Waals surface area contributed by atoms with Gasteiger partial charge in [-0.05, 0) is 72.6 Å². The molecule has 0 atom stereocenters. The molecule has 2 aromatic carbocycles. The van der Waals surface area contributed by atoms with Gasteiger partial charge in [0, 0.05) is 43.2 Å². The molecule has 3 aromatic rings. The van der Waals surface area contributed by atoms with Gasteiger partial charge in [0.1, 0.15) is 0 Å². The van der Waals surface area contributed by atoms with Gasteiger partial charge >= 0.3 is 0 Å². The normalized spacial score (nSPS) is 15.7. The van der Waals surface area contributed by atoms with Crippen LogP contribution in [0, 0.1) is 0 Å². The summed E-state index contributed by atoms with van der Waals surface area (Å²) in [5.74, 6) is 0.589. The smallest absolute Gasteiger partial charge is 0.220 e. The number of piperidine rings is 1. The SMILES string of the molecule is CCCC(=O)NCc1cccc(-c2ccc3[nH]cc(C4CCN(S(=O)(=O)CC)CC4)c3c2)c1. The van der Waals surface area contributed by atoms with Gasteiger partial charge in [0.2, 0.25) is 15.9 Å². The number of nitrogens with zero attached hydrogens (tertiary/aromatic N) is 1. The summed E-state index contributed by atoms with van der Waals surface area (Å²) in [6.07, 6.45) is 5.16. The lowest BCUT2D eigenvalue weighted by Crippen LogP contribution is -2.38. The lowest BCUT2D eigenvalue weighted by atomic mass is 9.89. The summed E-state index contributed by atoms with van der Waals surface area (Å²) >= 11 is 0. The number of hydrogen-bond donors (Lipinski definition) is 2. The van der Waals surface area contributed by atoms with Crippen LogP contribution in [-0.2, 0) is 21.4 Å². The van der Waals surface area contributed by atoms with Gasteiger partial charge in [0.05, 0.1) is 5.75 Å². The molecule has 1 aromatic heterocycles. The van der Waals surface area contributed by atoms with Crippen molar-refractivity contribution in [3.63, 3.8) is 0 Å². The predicted octanol–water partition coefficient (Wildman–Crippen LogP) is 4.78. The topological polar surface area (TPSA) is 82.3 Å². The molecule has 0 radical (unpaired) electrons. The molecule has 0 unspecified atom stereocenters. The Morgan fingerprint density at radius 1 is 1.09 bits per heavy atom. The van der Waals surface area contributed by atoms with Crippen LogP contribution in [0.4, 0.5) is 0 Å². The second-order valence-corrected chi connectivity index (χ2v) is 11.1. The van der Waals surface area contributed by atoms with Gasteiger partial charge in [0.25, 0.3) is 0 Å². The quantitative estimate of drug-likeness (QED) is 0.500. The second kappa shape index (κ2) is 10.1. The van der Waals surface area contributed by atoms with Crippen molar-refractivity contribution in [1.82, 2.24) is 14.6 Å². The Balaban J connectivity index is 1.53. The standard InChI is InChI=1S/C26H33N3O3S/c1-3-6-26(30)28-17-19-7-5-8-21(15-19)22-9-10-25-23(16-22)24(18-27-25)20-11-13-29(14-12-20)33(31,32)4-2/h5,7-10,15-16,18,20,27H,3-4,6,11-14,17H2,1-2H3,(H,28,30). The van der Waals surface area contributed by atoms with Crippen LogP contribution in [0.25, 0.3) is 22.0 Å². The fourth-order valence-corrected chi connectivity index (χ4v) is 5.80. The molecule has 0 spiro atoms. The van der Waals surface area contributed by atoms with Gasteiger partial charge in [-0.15, -0.1) is 0 Å². The van der Waals surface area contributed by atoms with Gasteiger partial charge in [-0.3, -0.25) is 4.79 Å². The third kappa shape index (κ3) is 5.31. The van der Waals surface area contributed by atoms with Crippen molar-refractivity contribution in [2.45, 2.75) is 52.0 Å². The van der Waals surface area contributed by atoms with Crippen molar-refractivity contribution in [3.05, 3.63) is 59.8 Å². The summed E-state index contributed by atoms with van der Waals surface area (Å²) in [5.41, 5.74) is 5.70. The van der Waals surface area contributed by atoms with E-state index in [1.165, 1.54) is 10.9 Å². The van der Waals surface area contributed by atoms with Gasteiger partial charge in [-0.1, -0.05) is 31.2 Å². The van der Waals surface area contributed by atoms with E-state index >= 15 is 0 Å². The first-order valence-electron chi connectivity index (χ1n) is 11.9. The molecule has 2 heterocycles. The van der Waals surface area contributed by atoms with E-state index in [1.807, 2.05) is 19.1 Å². The molecule has 7 heteroatoms. The molecule has 0 saturated carbocycles. The molecule has 1 aliphatic heterocycles. The highest BCUT2D eigenvalue weighted by Gasteiger charge is 2.28. The highest BCUT2D eigenvalue weighted by Crippen LogP contribution is 2.35. The lowest BCUT2D eigenvalue weighted by Gasteiger charge is -2.30. The number of carbonyl (C=O) groups excluding carboxylic acids is 1. The highest BCUT2D eigenvalue weighted by atomic mass is 32.2. The zero-order valence-electron chi connectivity index (χ0n) is 19.4. The van der Waals surface area contributed by atoms with Crippen LogP contribution in [0.3, 0.4) is 0 Å². The van der Waals surface area contributed by atoms with E-state index in [-0.39, 0.29) is 11.7 Å². The molecule has 33 heavy (non-hydrogen) atoms. The molecule has 0 aliphatic carbocycles. The molecule has 1 saturated heterocycles. The molecule has 6 nitrogen and oxygen atoms in total. The third-order valence-corrected chi connectivity index (χ3v) is 8.47. The average molecular weight is 468 g/mol. The molecule has 1 fully saturated rings. The molecule has 176 valence electrons. The molecule has 2 N–H and O–H groups in total. The number of H-pyrrole nitrogens is 1. The zero-order chi connectivity index (χ0) is 23.4. The van der Waals surface area contributed by atoms with Crippen LogP contribution in [0.1, 0.15) is 56.6 Å². The Kier molecular flexibility index (Phi) is 7.20. The number of nitrogens with one attached hydrogen (secondary N) is 2. The van der Waals surface area contributed by atoms with E-state index in [2.05, 4.69) is 46.8 Å². The number of aromatic nitrogens is 1. The number of sulfonamides is 1. The summed E-state index contributed by atoms with van der Waals surface area (Å²) < 4.78 is 26.0. The molecular weight excluding hydrogens is 434 g/mol. The summed E-state index contributed by atoms with van der Waals surface area (Å²) in [6, 6.07) is 14.8. The Hall–Kier alpha value is -2.64. The van der Waals surface area contributed by atoms with Crippen molar-refractivity contribution in [2.24, 2.45) is 0 Å². The minimum Gasteiger partial charge on any atom is -0.361 e. The van der Waals surface area contributed by atoms with Gasteiger partial charge in [-0.2, -0.15) is 0 Å². The number of rotatable bonds is 8. The summed E-state index contributed by atoms with van der Waals surface area (Å²) in [5, 5.41) is 4.18. The van der Waals surface area contributed by atoms with Crippen LogP contribution >= 0.6 is 0 Å². The largest absolute Gasteiger partial charge is 0.361 e. The first kappa shape index (κ1) is 23.5. The number of carbonyl (C=O) groups is 1. The fraction of sp³-hybridized carbons (Fsp3) is 0.423. The second-order valence-electron chi connectivity index (χ2n) is 8.81. The maximum Gasteiger partial charge on any atom is 0.220 e. The van der Waals surface area contributed by atoms with Gasteiger partial charge in [0.15, 0.2) is 0 Å². The number of benzene rings is 2. The molecule has 1 amide bonds. The van der Waals surface area contributed by atoms with Crippen LogP contribution in [0.5, 0.6) is 0 Å². The molecule has 1 aliphatic rings. The summed E-state index contributed by atoms with van der Waals surface area (Å²) in [6.45, 7) is 5.40. The Morgan fingerprint density at radius 2 is 1.85 bits per heavy atom. The zero-order valence-corrected chi connectivity index (χ0v) is 20.2. The van der Waals surface area contributed by atoms with Gasteiger partial charge in [-0.25, -0.2) is 12.7 Å². The first-order valence-corrected chi connectivity index (χ1v) is 13.5. The number of aromatic amines is 1. The van der Waals surface area contributed by atoms with E-state index in [4.69, 9.17) is 0 Å². The van der Waals surface area contributed by atoms with Crippen LogP contribution < -0.4 is 5.32 Å². The van der Waals surface area contributed by atoms with Gasteiger partial charge < -0.3 is 10.3 Å². The maximum atomic E-state index is 12.2. The lowest BCUT2D eigenvalue weighted by molar-refractivity contribution is -0.121. The Bertz CT molecular complexity index is 1220. The van der Waals surface area contributed by atoms with E-state index in [9.17, 15) is 13.2 Å². The highest BCUT2D eigenvalue weighted by molar-refractivity contribution is 7.89. The summed E-state index contributed by atoms with van der Waals surface area (Å²) in [7, 11) is -3.12. The van der Waals surface area contributed by atoms with E-state index in [0.717, 1.165) is 41.5 Å². The molecular formula is C26H33N3O3S. The first-order chi connectivity index (χ1) is 15.9. The Morgan fingerprint density at radius 3 is 2.58 bits per heavy atom. The number of amides is 1. The molecule has 0 bridgehead atoms. The third-order valence-electron chi connectivity index (χ3n) is 6.59. The average Bonchev–Trinajstić information content (AvgIpc) is 3.26. The van der Waals surface area contributed by atoms with E-state index in [0.29, 0.717) is 32.0 Å². The van der Waals surface area contributed by atoms with Crippen molar-refractivity contribution in [2.75, 3.05) is 18.8 Å². The van der Waals surface area contributed by atoms with E-state index in [1.54, 1.807) is 11.2 Å². The predicted molar refractivity (Wildman–Crippen MR) is 133 cm³/mol. The summed E-state index contributed by atoms with van der Waals surface area (Å²) in [4.78, 5) is 15.2. The van der Waals surface area contributed by atoms with Crippen LogP contribution in [-0.4, -0.2) is 42.5 Å². The minimum atomic E-state index is -3.12. The van der Waals surface area contributed by atoms with Crippen LogP contribution in [0.2, 0.25) is 0 Å². The van der Waals surface area contributed by atoms with Crippen molar-refractivity contribution >= 4 is 26.8 Å². The van der Waals surface area contributed by atoms with Crippen molar-refractivity contribution in [1.29, 1.82) is 0 Å². The number of hydrogen-bond acceptors (Lipinski definition) is 3. The van der Waals surface area contributed by atoms with E-state index < -0.39 is 10.0 Å². The van der Waals surface area contributed by atoms with Crippen molar-refractivity contribution in [3.8, 4) is 11.1 Å². The number of fused-ring (bicyclic) bond motifs is 1. The fourth-order valence-electron chi connectivity index (χ4n) is 4.66. The van der Waals surface area contributed by atoms with Crippen molar-refractivity contribution < 1.29 is 13.2 Å². The minimum absolute atomic E-state index is 0.0825. The Labute approximate surface area is 196 Å². The maximum absolute atomic E-state index is 12.2. The monoisotopic (exact) mass is 467 g/mol.